The lowest BCUT2D eigenvalue weighted by molar-refractivity contribution is -0.908. The van der Waals surface area contributed by atoms with Crippen LogP contribution in [0.15, 0.2) is 45.6 Å². The van der Waals surface area contributed by atoms with Crippen LogP contribution in [0.4, 0.5) is 0 Å². The van der Waals surface area contributed by atoms with Crippen LogP contribution < -0.4 is 10.3 Å². The van der Waals surface area contributed by atoms with Crippen LogP contribution in [-0.4, -0.2) is 50.2 Å². The summed E-state index contributed by atoms with van der Waals surface area (Å²) in [7, 11) is 0. The molecule has 3 heterocycles. The summed E-state index contributed by atoms with van der Waals surface area (Å²) in [6.45, 7) is 13.4. The Balaban J connectivity index is 1.55. The van der Waals surface area contributed by atoms with Gasteiger partial charge in [0.1, 0.15) is 18.7 Å². The molecular weight excluding hydrogens is 440 g/mol. The number of ether oxygens (including phenoxy) is 1. The van der Waals surface area contributed by atoms with Gasteiger partial charge in [-0.25, -0.2) is 0 Å². The molecule has 6 nitrogen and oxygen atoms in total. The maximum atomic E-state index is 13.8. The number of fused-ring (bicyclic) bond motifs is 2. The molecule has 0 spiro atoms. The van der Waals surface area contributed by atoms with Crippen molar-refractivity contribution in [1.29, 1.82) is 0 Å². The smallest absolute Gasteiger partial charge is 0.290 e. The number of nitrogens with zero attached hydrogens (tertiary/aromatic N) is 1. The van der Waals surface area contributed by atoms with Crippen molar-refractivity contribution < 1.29 is 18.8 Å². The van der Waals surface area contributed by atoms with Crippen LogP contribution in [0.2, 0.25) is 0 Å². The van der Waals surface area contributed by atoms with E-state index in [0.717, 1.165) is 56.0 Å². The van der Waals surface area contributed by atoms with E-state index in [1.165, 1.54) is 10.5 Å². The molecule has 0 saturated carbocycles. The number of rotatable bonds is 6. The zero-order valence-corrected chi connectivity index (χ0v) is 21.1. The molecule has 1 aromatic heterocycles. The van der Waals surface area contributed by atoms with E-state index < -0.39 is 6.04 Å². The van der Waals surface area contributed by atoms with Crippen molar-refractivity contribution in [1.82, 2.24) is 4.90 Å². The molecule has 0 unspecified atom stereocenters. The minimum absolute atomic E-state index is 0.100. The number of benzene rings is 2. The van der Waals surface area contributed by atoms with Crippen molar-refractivity contribution >= 4 is 16.9 Å². The Hall–Kier alpha value is -2.96. The highest BCUT2D eigenvalue weighted by molar-refractivity contribution is 5.99. The van der Waals surface area contributed by atoms with Gasteiger partial charge in [-0.3, -0.25) is 9.59 Å². The number of carbonyl (C=O) groups is 1. The molecule has 5 rings (SSSR count). The van der Waals surface area contributed by atoms with Gasteiger partial charge in [-0.1, -0.05) is 38.1 Å². The predicted molar refractivity (Wildman–Crippen MR) is 136 cm³/mol. The second-order valence-electron chi connectivity index (χ2n) is 10.3. The summed E-state index contributed by atoms with van der Waals surface area (Å²) in [4.78, 5) is 30.8. The maximum Gasteiger partial charge on any atom is 0.290 e. The molecule has 184 valence electrons. The topological polar surface area (TPSA) is 64.2 Å². The molecule has 0 bridgehead atoms. The molecule has 2 aromatic carbocycles. The lowest BCUT2D eigenvalue weighted by Gasteiger charge is -2.27. The number of hydrogen-bond acceptors (Lipinski definition) is 4. The average Bonchev–Trinajstić information content (AvgIpc) is 3.13. The van der Waals surface area contributed by atoms with Gasteiger partial charge in [-0.2, -0.15) is 0 Å². The van der Waals surface area contributed by atoms with Crippen molar-refractivity contribution in [3.8, 4) is 0 Å². The summed E-state index contributed by atoms with van der Waals surface area (Å²) < 4.78 is 11.6. The summed E-state index contributed by atoms with van der Waals surface area (Å²) in [5.41, 5.74) is 5.13. The number of hydrogen-bond donors (Lipinski definition) is 1. The fraction of sp³-hybridized carbons (Fsp3) is 0.448. The summed E-state index contributed by atoms with van der Waals surface area (Å²) in [6.07, 6.45) is 0.863. The van der Waals surface area contributed by atoms with E-state index in [1.54, 1.807) is 0 Å². The van der Waals surface area contributed by atoms with Crippen LogP contribution in [0.5, 0.6) is 0 Å². The SMILES string of the molecule is Cc1cc2oc3c(c(=O)c2cc1C)[C@@H](c1ccc(C(C)C)cc1)N(CCC[NH+]1CCOCC1)C3=O. The van der Waals surface area contributed by atoms with Gasteiger partial charge in [0.15, 0.2) is 5.43 Å². The Morgan fingerprint density at radius 3 is 2.40 bits per heavy atom. The largest absolute Gasteiger partial charge is 0.450 e. The Morgan fingerprint density at radius 2 is 1.71 bits per heavy atom. The van der Waals surface area contributed by atoms with E-state index in [2.05, 4.69) is 38.1 Å². The van der Waals surface area contributed by atoms with Gasteiger partial charge >= 0.3 is 0 Å². The number of morpholine rings is 1. The fourth-order valence-electron chi connectivity index (χ4n) is 5.33. The molecule has 2 aliphatic heterocycles. The average molecular weight is 476 g/mol. The van der Waals surface area contributed by atoms with Gasteiger partial charge in [0.25, 0.3) is 5.91 Å². The minimum atomic E-state index is -0.430. The van der Waals surface area contributed by atoms with Gasteiger partial charge in [0.2, 0.25) is 5.76 Å². The van der Waals surface area contributed by atoms with Gasteiger partial charge in [0, 0.05) is 13.0 Å². The molecule has 0 radical (unpaired) electrons. The van der Waals surface area contributed by atoms with Crippen LogP contribution in [0, 0.1) is 13.8 Å². The molecule has 1 saturated heterocycles. The molecule has 0 aliphatic carbocycles. The highest BCUT2D eigenvalue weighted by atomic mass is 16.5. The van der Waals surface area contributed by atoms with Gasteiger partial charge in [0.05, 0.1) is 36.8 Å². The molecular formula is C29H35N2O4+. The van der Waals surface area contributed by atoms with Crippen LogP contribution in [-0.2, 0) is 4.74 Å². The third kappa shape index (κ3) is 4.41. The molecule has 3 aromatic rings. The zero-order valence-electron chi connectivity index (χ0n) is 21.1. The van der Waals surface area contributed by atoms with Crippen molar-refractivity contribution in [3.63, 3.8) is 0 Å². The Bertz CT molecular complexity index is 1300. The quantitative estimate of drug-likeness (QED) is 0.594. The molecule has 1 amide bonds. The molecule has 6 heteroatoms. The third-order valence-corrected chi connectivity index (χ3v) is 7.63. The monoisotopic (exact) mass is 475 g/mol. The lowest BCUT2D eigenvalue weighted by atomic mass is 9.95. The number of aryl methyl sites for hydroxylation is 2. The van der Waals surface area contributed by atoms with E-state index in [9.17, 15) is 9.59 Å². The second-order valence-corrected chi connectivity index (χ2v) is 10.3. The van der Waals surface area contributed by atoms with Crippen molar-refractivity contribution in [2.45, 2.75) is 46.1 Å². The molecule has 1 atom stereocenters. The number of carbonyl (C=O) groups excluding carboxylic acids is 1. The number of quaternary nitrogens is 1. The normalized spacial score (nSPS) is 18.6. The molecule has 35 heavy (non-hydrogen) atoms. The van der Waals surface area contributed by atoms with Crippen molar-refractivity contribution in [3.05, 3.63) is 80.2 Å². The molecule has 1 N–H and O–H groups in total. The highest BCUT2D eigenvalue weighted by Gasteiger charge is 2.42. The number of nitrogens with one attached hydrogen (secondary N) is 1. The van der Waals surface area contributed by atoms with Crippen LogP contribution in [0.1, 0.15) is 70.6 Å². The van der Waals surface area contributed by atoms with E-state index in [0.29, 0.717) is 29.0 Å². The van der Waals surface area contributed by atoms with E-state index in [4.69, 9.17) is 9.15 Å². The standard InChI is InChI=1S/C29H34N2O4/c1-18(2)21-6-8-22(9-7-21)26-25-27(32)23-16-19(3)20(4)17-24(23)35-28(25)29(33)31(26)11-5-10-30-12-14-34-15-13-30/h6-9,16-18,26H,5,10-15H2,1-4H3/p+1/t26-/m1/s1. The summed E-state index contributed by atoms with van der Waals surface area (Å²) in [5.74, 6) is 0.420. The summed E-state index contributed by atoms with van der Waals surface area (Å²) in [6, 6.07) is 11.7. The predicted octanol–water partition coefficient (Wildman–Crippen LogP) is 3.38. The van der Waals surface area contributed by atoms with Crippen molar-refractivity contribution in [2.75, 3.05) is 39.4 Å². The van der Waals surface area contributed by atoms with Gasteiger partial charge < -0.3 is 19.0 Å². The zero-order chi connectivity index (χ0) is 24.7. The van der Waals surface area contributed by atoms with Crippen molar-refractivity contribution in [2.24, 2.45) is 0 Å². The third-order valence-electron chi connectivity index (χ3n) is 7.63. The van der Waals surface area contributed by atoms with Gasteiger partial charge in [-0.15, -0.1) is 0 Å². The molecule has 2 aliphatic rings. The first-order valence-electron chi connectivity index (χ1n) is 12.7. The second kappa shape index (κ2) is 9.59. The Kier molecular flexibility index (Phi) is 6.51. The first-order valence-corrected chi connectivity index (χ1v) is 12.7. The molecule has 1 fully saturated rings. The lowest BCUT2D eigenvalue weighted by Crippen LogP contribution is -3.14. The Morgan fingerprint density at radius 1 is 1.03 bits per heavy atom. The first kappa shape index (κ1) is 23.8. The minimum Gasteiger partial charge on any atom is -0.450 e. The Labute approximate surface area is 206 Å². The van der Waals surface area contributed by atoms with E-state index in [-0.39, 0.29) is 17.1 Å². The van der Waals surface area contributed by atoms with E-state index >= 15 is 0 Å². The van der Waals surface area contributed by atoms with Crippen LogP contribution >= 0.6 is 0 Å². The number of amides is 1. The van der Waals surface area contributed by atoms with Crippen LogP contribution in [0.3, 0.4) is 0 Å². The summed E-state index contributed by atoms with van der Waals surface area (Å²) in [5, 5.41) is 0.545. The maximum absolute atomic E-state index is 13.8. The van der Waals surface area contributed by atoms with E-state index in [1.807, 2.05) is 30.9 Å². The summed E-state index contributed by atoms with van der Waals surface area (Å²) >= 11 is 0. The highest BCUT2D eigenvalue weighted by Crippen LogP contribution is 2.38. The van der Waals surface area contributed by atoms with Gasteiger partial charge in [-0.05, 0) is 54.2 Å². The first-order chi connectivity index (χ1) is 16.8. The fourth-order valence-corrected chi connectivity index (χ4v) is 5.33. The van der Waals surface area contributed by atoms with Crippen LogP contribution in [0.25, 0.3) is 11.0 Å².